The highest BCUT2D eigenvalue weighted by molar-refractivity contribution is 7.18. The second-order valence-corrected chi connectivity index (χ2v) is 9.63. The molecule has 0 saturated carbocycles. The molecule has 0 N–H and O–H groups in total. The molecule has 176 valence electrons. The minimum Gasteiger partial charge on any atom is -0.472 e. The predicted octanol–water partition coefficient (Wildman–Crippen LogP) is 5.08. The SMILES string of the molecule is Cc1ccc(-c2csc3c(OC4C5COCC4CN(CCC(F)(F)F)C5)ncnc23)c(F)c1. The van der Waals surface area contributed by atoms with Crippen molar-refractivity contribution >= 4 is 21.6 Å². The van der Waals surface area contributed by atoms with Gasteiger partial charge in [0.05, 0.1) is 25.2 Å². The minimum absolute atomic E-state index is 0.0165. The third-order valence-corrected chi connectivity index (χ3v) is 7.23. The second kappa shape index (κ2) is 8.81. The summed E-state index contributed by atoms with van der Waals surface area (Å²) in [7, 11) is 0. The fraction of sp³-hybridized carbons (Fsp3) is 0.478. The van der Waals surface area contributed by atoms with Gasteiger partial charge in [0.15, 0.2) is 0 Å². The largest absolute Gasteiger partial charge is 0.472 e. The van der Waals surface area contributed by atoms with Crippen LogP contribution < -0.4 is 4.74 Å². The van der Waals surface area contributed by atoms with Gasteiger partial charge in [-0.05, 0) is 18.6 Å². The molecule has 2 aliphatic heterocycles. The van der Waals surface area contributed by atoms with Crippen molar-refractivity contribution in [3.8, 4) is 17.0 Å². The molecule has 0 radical (unpaired) electrons. The van der Waals surface area contributed by atoms with Gasteiger partial charge in [0.2, 0.25) is 5.88 Å². The molecule has 2 aliphatic rings. The van der Waals surface area contributed by atoms with Crippen LogP contribution in [0.3, 0.4) is 0 Å². The van der Waals surface area contributed by atoms with Crippen molar-refractivity contribution < 1.29 is 27.0 Å². The van der Waals surface area contributed by atoms with Crippen LogP contribution in [0.4, 0.5) is 17.6 Å². The Morgan fingerprint density at radius 2 is 1.91 bits per heavy atom. The first kappa shape index (κ1) is 22.5. The van der Waals surface area contributed by atoms with E-state index in [9.17, 15) is 17.6 Å². The zero-order chi connectivity index (χ0) is 23.2. The summed E-state index contributed by atoms with van der Waals surface area (Å²) in [6.07, 6.45) is -3.79. The fourth-order valence-electron chi connectivity index (χ4n) is 4.73. The van der Waals surface area contributed by atoms with Crippen LogP contribution in [0.15, 0.2) is 29.9 Å². The molecule has 0 spiro atoms. The van der Waals surface area contributed by atoms with Crippen molar-refractivity contribution in [1.29, 1.82) is 0 Å². The maximum Gasteiger partial charge on any atom is 0.390 e. The van der Waals surface area contributed by atoms with E-state index in [4.69, 9.17) is 9.47 Å². The number of ether oxygens (including phenoxy) is 2. The molecule has 5 nitrogen and oxygen atoms in total. The summed E-state index contributed by atoms with van der Waals surface area (Å²) in [5.41, 5.74) is 2.62. The summed E-state index contributed by atoms with van der Waals surface area (Å²) in [5, 5.41) is 1.85. The van der Waals surface area contributed by atoms with Crippen LogP contribution in [-0.2, 0) is 4.74 Å². The van der Waals surface area contributed by atoms with E-state index in [1.807, 2.05) is 23.3 Å². The van der Waals surface area contributed by atoms with Crippen molar-refractivity contribution in [1.82, 2.24) is 14.9 Å². The number of halogens is 4. The van der Waals surface area contributed by atoms with E-state index in [2.05, 4.69) is 9.97 Å². The van der Waals surface area contributed by atoms with Crippen molar-refractivity contribution in [2.24, 2.45) is 11.8 Å². The van der Waals surface area contributed by atoms with Gasteiger partial charge in [-0.2, -0.15) is 13.2 Å². The number of fused-ring (bicyclic) bond motifs is 3. The third-order valence-electron chi connectivity index (χ3n) is 6.27. The number of nitrogens with zero attached hydrogens (tertiary/aromatic N) is 3. The molecular formula is C23H23F4N3O2S. The Balaban J connectivity index is 1.38. The van der Waals surface area contributed by atoms with Crippen LogP contribution >= 0.6 is 11.3 Å². The van der Waals surface area contributed by atoms with Crippen LogP contribution in [0.25, 0.3) is 21.3 Å². The Labute approximate surface area is 192 Å². The smallest absolute Gasteiger partial charge is 0.390 e. The van der Waals surface area contributed by atoms with Gasteiger partial charge < -0.3 is 14.4 Å². The molecule has 2 fully saturated rings. The standard InChI is InChI=1S/C23H23F4N3O2S/c1-13-2-3-16(18(24)6-13)17-11-33-21-19(17)28-12-29-22(21)32-20-14-7-30(5-4-23(25,26)27)8-15(20)10-31-9-14/h2-3,6,11-12,14-15,20H,4-5,7-10H2,1H3. The Kier molecular flexibility index (Phi) is 6.00. The summed E-state index contributed by atoms with van der Waals surface area (Å²) in [6.45, 7) is 3.65. The van der Waals surface area contributed by atoms with Crippen LogP contribution in [0.1, 0.15) is 12.0 Å². The number of benzene rings is 1. The number of thiophene rings is 1. The van der Waals surface area contributed by atoms with Gasteiger partial charge in [-0.15, -0.1) is 11.3 Å². The van der Waals surface area contributed by atoms with Gasteiger partial charge in [0.1, 0.15) is 22.9 Å². The first-order chi connectivity index (χ1) is 15.8. The Morgan fingerprint density at radius 3 is 2.61 bits per heavy atom. The highest BCUT2D eigenvalue weighted by atomic mass is 32.1. The molecule has 0 aliphatic carbocycles. The van der Waals surface area contributed by atoms with Gasteiger partial charge in [0.25, 0.3) is 0 Å². The molecule has 3 aromatic rings. The molecule has 2 aromatic heterocycles. The molecule has 33 heavy (non-hydrogen) atoms. The van der Waals surface area contributed by atoms with Crippen LogP contribution in [0.2, 0.25) is 0 Å². The molecule has 0 amide bonds. The number of piperidine rings is 1. The van der Waals surface area contributed by atoms with Crippen molar-refractivity contribution in [2.45, 2.75) is 25.6 Å². The summed E-state index contributed by atoms with van der Waals surface area (Å²) < 4.78 is 65.4. The maximum atomic E-state index is 14.6. The first-order valence-corrected chi connectivity index (χ1v) is 11.7. The molecule has 5 rings (SSSR count). The van der Waals surface area contributed by atoms with Gasteiger partial charge in [-0.1, -0.05) is 12.1 Å². The van der Waals surface area contributed by atoms with E-state index >= 15 is 0 Å². The molecule has 10 heteroatoms. The quantitative estimate of drug-likeness (QED) is 0.476. The minimum atomic E-state index is -4.17. The van der Waals surface area contributed by atoms with Crippen LogP contribution in [0.5, 0.6) is 5.88 Å². The van der Waals surface area contributed by atoms with Crippen LogP contribution in [0, 0.1) is 24.6 Å². The lowest BCUT2D eigenvalue weighted by Gasteiger charge is -2.46. The second-order valence-electron chi connectivity index (χ2n) is 8.75. The lowest BCUT2D eigenvalue weighted by molar-refractivity contribution is -0.149. The molecular weight excluding hydrogens is 458 g/mol. The van der Waals surface area contributed by atoms with Crippen molar-refractivity contribution in [3.63, 3.8) is 0 Å². The van der Waals surface area contributed by atoms with E-state index in [1.54, 1.807) is 6.07 Å². The zero-order valence-corrected chi connectivity index (χ0v) is 18.8. The number of alkyl halides is 3. The number of hydrogen-bond acceptors (Lipinski definition) is 6. The van der Waals surface area contributed by atoms with E-state index in [-0.39, 0.29) is 30.3 Å². The van der Waals surface area contributed by atoms with E-state index in [0.717, 1.165) is 10.3 Å². The monoisotopic (exact) mass is 481 g/mol. The zero-order valence-electron chi connectivity index (χ0n) is 17.9. The molecule has 2 saturated heterocycles. The molecule has 1 aromatic carbocycles. The molecule has 2 unspecified atom stereocenters. The number of rotatable bonds is 5. The normalized spacial score (nSPS) is 23.7. The summed E-state index contributed by atoms with van der Waals surface area (Å²) in [4.78, 5) is 10.6. The molecule has 2 atom stereocenters. The summed E-state index contributed by atoms with van der Waals surface area (Å²) in [5.74, 6) is 0.0116. The fourth-order valence-corrected chi connectivity index (χ4v) is 5.68. The summed E-state index contributed by atoms with van der Waals surface area (Å²) >= 11 is 1.39. The Hall–Kier alpha value is -2.30. The Bertz CT molecular complexity index is 1140. The van der Waals surface area contributed by atoms with E-state index < -0.39 is 12.6 Å². The lowest BCUT2D eigenvalue weighted by atomic mass is 9.84. The lowest BCUT2D eigenvalue weighted by Crippen LogP contribution is -2.57. The highest BCUT2D eigenvalue weighted by Crippen LogP contribution is 2.40. The molecule has 4 heterocycles. The molecule has 2 bridgehead atoms. The topological polar surface area (TPSA) is 47.5 Å². The van der Waals surface area contributed by atoms with E-state index in [1.165, 1.54) is 23.7 Å². The van der Waals surface area contributed by atoms with Crippen molar-refractivity contribution in [2.75, 3.05) is 32.8 Å². The number of aromatic nitrogens is 2. The average Bonchev–Trinajstić information content (AvgIpc) is 3.17. The number of likely N-dealkylation sites (tertiary alicyclic amines) is 1. The predicted molar refractivity (Wildman–Crippen MR) is 117 cm³/mol. The number of hydrogen-bond donors (Lipinski definition) is 0. The third kappa shape index (κ3) is 4.69. The van der Waals surface area contributed by atoms with Gasteiger partial charge in [0, 0.05) is 48.0 Å². The summed E-state index contributed by atoms with van der Waals surface area (Å²) in [6, 6.07) is 5.09. The number of aryl methyl sites for hydroxylation is 1. The van der Waals surface area contributed by atoms with Crippen LogP contribution in [-0.4, -0.2) is 60.0 Å². The van der Waals surface area contributed by atoms with Gasteiger partial charge in [-0.25, -0.2) is 14.4 Å². The highest BCUT2D eigenvalue weighted by Gasteiger charge is 2.43. The van der Waals surface area contributed by atoms with Gasteiger partial charge in [-0.3, -0.25) is 0 Å². The van der Waals surface area contributed by atoms with Crippen molar-refractivity contribution in [3.05, 3.63) is 41.3 Å². The Morgan fingerprint density at radius 1 is 1.15 bits per heavy atom. The maximum absolute atomic E-state index is 14.6. The van der Waals surface area contributed by atoms with E-state index in [0.29, 0.717) is 48.8 Å². The average molecular weight is 482 g/mol. The van der Waals surface area contributed by atoms with Gasteiger partial charge >= 0.3 is 6.18 Å². The first-order valence-electron chi connectivity index (χ1n) is 10.8.